The van der Waals surface area contributed by atoms with Crippen LogP contribution in [0.4, 0.5) is 4.39 Å². The molecule has 0 aliphatic carbocycles. The lowest BCUT2D eigenvalue weighted by molar-refractivity contribution is 0.627. The van der Waals surface area contributed by atoms with Crippen molar-refractivity contribution in [3.63, 3.8) is 0 Å². The molecule has 0 aliphatic rings. The topological polar surface area (TPSA) is 36.7 Å². The maximum atomic E-state index is 12.7. The average Bonchev–Trinajstić information content (AvgIpc) is 2.38. The fraction of sp³-hybridized carbons (Fsp3) is 0. The smallest absolute Gasteiger partial charge is 0.131 e. The molecule has 1 aromatic carbocycles. The number of nitriles is 1. The summed E-state index contributed by atoms with van der Waals surface area (Å²) in [7, 11) is 0. The van der Waals surface area contributed by atoms with E-state index in [1.165, 1.54) is 12.1 Å². The second kappa shape index (κ2) is 4.92. The molecule has 80 valence electrons. The number of nitrogens with zero attached hydrogens (tertiary/aromatic N) is 2. The summed E-state index contributed by atoms with van der Waals surface area (Å²) in [5.74, 6) is 5.33. The summed E-state index contributed by atoms with van der Waals surface area (Å²) in [4.78, 5) is 4.01. The molecule has 1 heterocycles. The molecule has 2 aromatic rings. The number of aromatic nitrogens is 1. The van der Waals surface area contributed by atoms with Crippen molar-refractivity contribution >= 4 is 0 Å². The van der Waals surface area contributed by atoms with Gasteiger partial charge in [0.25, 0.3) is 0 Å². The van der Waals surface area contributed by atoms with Gasteiger partial charge in [-0.25, -0.2) is 9.37 Å². The Bertz CT molecular complexity index is 628. The zero-order valence-electron chi connectivity index (χ0n) is 8.81. The first kappa shape index (κ1) is 10.9. The number of halogens is 1. The summed E-state index contributed by atoms with van der Waals surface area (Å²) >= 11 is 0. The zero-order chi connectivity index (χ0) is 12.1. The molecule has 0 fully saturated rings. The Labute approximate surface area is 98.4 Å². The van der Waals surface area contributed by atoms with E-state index in [4.69, 9.17) is 5.26 Å². The SMILES string of the molecule is N#Cc1cccnc1C#Cc1ccc(F)cc1. The lowest BCUT2D eigenvalue weighted by Crippen LogP contribution is -1.87. The van der Waals surface area contributed by atoms with Crippen LogP contribution in [-0.4, -0.2) is 4.98 Å². The minimum atomic E-state index is -0.300. The summed E-state index contributed by atoms with van der Waals surface area (Å²) in [5, 5.41) is 8.84. The summed E-state index contributed by atoms with van der Waals surface area (Å²) < 4.78 is 12.7. The first-order valence-electron chi connectivity index (χ1n) is 4.92. The fourth-order valence-electron chi connectivity index (χ4n) is 1.26. The third-order valence-corrected chi connectivity index (χ3v) is 2.10. The van der Waals surface area contributed by atoms with E-state index in [1.807, 2.05) is 6.07 Å². The van der Waals surface area contributed by atoms with Crippen LogP contribution in [0, 0.1) is 29.0 Å². The molecular formula is C14H7FN2. The molecule has 0 atom stereocenters. The van der Waals surface area contributed by atoms with Gasteiger partial charge in [0, 0.05) is 11.8 Å². The van der Waals surface area contributed by atoms with E-state index < -0.39 is 0 Å². The predicted molar refractivity (Wildman–Crippen MR) is 61.3 cm³/mol. The van der Waals surface area contributed by atoms with Crippen LogP contribution >= 0.6 is 0 Å². The van der Waals surface area contributed by atoms with Crippen LogP contribution in [0.1, 0.15) is 16.8 Å². The first-order valence-corrected chi connectivity index (χ1v) is 4.92. The van der Waals surface area contributed by atoms with Gasteiger partial charge in [0.05, 0.1) is 5.56 Å². The Balaban J connectivity index is 2.33. The average molecular weight is 222 g/mol. The molecule has 2 rings (SSSR count). The van der Waals surface area contributed by atoms with Gasteiger partial charge < -0.3 is 0 Å². The van der Waals surface area contributed by atoms with E-state index in [9.17, 15) is 4.39 Å². The number of rotatable bonds is 0. The highest BCUT2D eigenvalue weighted by molar-refractivity contribution is 5.46. The van der Waals surface area contributed by atoms with Crippen molar-refractivity contribution in [1.82, 2.24) is 4.98 Å². The Morgan fingerprint density at radius 2 is 1.82 bits per heavy atom. The fourth-order valence-corrected chi connectivity index (χ4v) is 1.26. The minimum Gasteiger partial charge on any atom is -0.246 e. The lowest BCUT2D eigenvalue weighted by Gasteiger charge is -1.92. The normalized spacial score (nSPS) is 8.94. The summed E-state index contributed by atoms with van der Waals surface area (Å²) in [5.41, 5.74) is 1.54. The number of pyridine rings is 1. The van der Waals surface area contributed by atoms with Crippen LogP contribution in [0.3, 0.4) is 0 Å². The van der Waals surface area contributed by atoms with Crippen LogP contribution in [0.25, 0.3) is 0 Å². The van der Waals surface area contributed by atoms with Crippen molar-refractivity contribution in [1.29, 1.82) is 5.26 Å². The number of benzene rings is 1. The Kier molecular flexibility index (Phi) is 3.14. The highest BCUT2D eigenvalue weighted by atomic mass is 19.1. The highest BCUT2D eigenvalue weighted by Gasteiger charge is 1.97. The van der Waals surface area contributed by atoms with Crippen LogP contribution in [-0.2, 0) is 0 Å². The molecule has 0 spiro atoms. The van der Waals surface area contributed by atoms with E-state index in [0.29, 0.717) is 16.8 Å². The molecular weight excluding hydrogens is 215 g/mol. The van der Waals surface area contributed by atoms with Gasteiger partial charge in [-0.1, -0.05) is 5.92 Å². The third-order valence-electron chi connectivity index (χ3n) is 2.10. The van der Waals surface area contributed by atoms with Crippen molar-refractivity contribution in [2.24, 2.45) is 0 Å². The molecule has 0 amide bonds. The maximum Gasteiger partial charge on any atom is 0.131 e. The molecule has 0 bridgehead atoms. The van der Waals surface area contributed by atoms with Gasteiger partial charge in [-0.05, 0) is 42.3 Å². The summed E-state index contributed by atoms with van der Waals surface area (Å²) in [6.45, 7) is 0. The second-order valence-corrected chi connectivity index (χ2v) is 3.27. The summed E-state index contributed by atoms with van der Waals surface area (Å²) in [6.07, 6.45) is 1.58. The van der Waals surface area contributed by atoms with Gasteiger partial charge in [0.2, 0.25) is 0 Å². The largest absolute Gasteiger partial charge is 0.246 e. The standard InChI is InChI=1S/C14H7FN2/c15-13-6-3-11(4-7-13)5-8-14-12(10-16)2-1-9-17-14/h1-4,6-7,9H. The molecule has 0 N–H and O–H groups in total. The molecule has 0 radical (unpaired) electrons. The molecule has 2 nitrogen and oxygen atoms in total. The van der Waals surface area contributed by atoms with Crippen molar-refractivity contribution in [3.8, 4) is 17.9 Å². The first-order chi connectivity index (χ1) is 8.29. The van der Waals surface area contributed by atoms with Crippen molar-refractivity contribution in [2.45, 2.75) is 0 Å². The van der Waals surface area contributed by atoms with E-state index >= 15 is 0 Å². The Hall–Kier alpha value is -2.65. The van der Waals surface area contributed by atoms with E-state index in [-0.39, 0.29) is 5.82 Å². The van der Waals surface area contributed by atoms with Gasteiger partial charge in [-0.15, -0.1) is 0 Å². The van der Waals surface area contributed by atoms with Crippen molar-refractivity contribution < 1.29 is 4.39 Å². The second-order valence-electron chi connectivity index (χ2n) is 3.27. The minimum absolute atomic E-state index is 0.300. The van der Waals surface area contributed by atoms with E-state index in [1.54, 1.807) is 30.5 Å². The molecule has 17 heavy (non-hydrogen) atoms. The summed E-state index contributed by atoms with van der Waals surface area (Å²) in [6, 6.07) is 11.2. The van der Waals surface area contributed by atoms with Gasteiger partial charge in [-0.2, -0.15) is 5.26 Å². The van der Waals surface area contributed by atoms with Crippen molar-refractivity contribution in [2.75, 3.05) is 0 Å². The Morgan fingerprint density at radius 3 is 2.53 bits per heavy atom. The quantitative estimate of drug-likeness (QED) is 0.642. The number of hydrogen-bond donors (Lipinski definition) is 0. The monoisotopic (exact) mass is 222 g/mol. The zero-order valence-corrected chi connectivity index (χ0v) is 8.81. The van der Waals surface area contributed by atoms with E-state index in [0.717, 1.165) is 0 Å². The lowest BCUT2D eigenvalue weighted by atomic mass is 10.2. The van der Waals surface area contributed by atoms with Gasteiger partial charge >= 0.3 is 0 Å². The highest BCUT2D eigenvalue weighted by Crippen LogP contribution is 2.04. The molecule has 0 saturated heterocycles. The molecule has 0 aliphatic heterocycles. The molecule has 0 unspecified atom stereocenters. The van der Waals surface area contributed by atoms with Gasteiger partial charge in [-0.3, -0.25) is 0 Å². The molecule has 1 aromatic heterocycles. The third kappa shape index (κ3) is 2.68. The van der Waals surface area contributed by atoms with Crippen LogP contribution in [0.15, 0.2) is 42.6 Å². The van der Waals surface area contributed by atoms with Crippen molar-refractivity contribution in [3.05, 3.63) is 65.2 Å². The van der Waals surface area contributed by atoms with Crippen LogP contribution in [0.5, 0.6) is 0 Å². The predicted octanol–water partition coefficient (Wildman–Crippen LogP) is 2.49. The van der Waals surface area contributed by atoms with Gasteiger partial charge in [0.15, 0.2) is 0 Å². The van der Waals surface area contributed by atoms with Crippen LogP contribution in [0.2, 0.25) is 0 Å². The van der Waals surface area contributed by atoms with Gasteiger partial charge in [0.1, 0.15) is 17.6 Å². The van der Waals surface area contributed by atoms with Crippen LogP contribution < -0.4 is 0 Å². The van der Waals surface area contributed by atoms with E-state index in [2.05, 4.69) is 16.8 Å². The molecule has 0 saturated carbocycles. The maximum absolute atomic E-state index is 12.7. The molecule has 3 heteroatoms. The number of hydrogen-bond acceptors (Lipinski definition) is 2. The Morgan fingerprint density at radius 1 is 1.06 bits per heavy atom.